The molecular weight excluding hydrogens is 194 g/mol. The second kappa shape index (κ2) is 4.72. The molecule has 0 saturated carbocycles. The second-order valence-electron chi connectivity index (χ2n) is 3.87. The van der Waals surface area contributed by atoms with Crippen LogP contribution in [0, 0.1) is 5.92 Å². The second-order valence-corrected chi connectivity index (χ2v) is 3.87. The smallest absolute Gasteiger partial charge is 0.276 e. The molecule has 0 aliphatic rings. The SMILES string of the molecule is CC(C)CC(=O)Nc1cncn(C)c1=O. The molecule has 0 aliphatic carbocycles. The van der Waals surface area contributed by atoms with Gasteiger partial charge in [0, 0.05) is 13.5 Å². The van der Waals surface area contributed by atoms with Crippen LogP contribution in [-0.4, -0.2) is 15.5 Å². The Morgan fingerprint density at radius 2 is 2.27 bits per heavy atom. The lowest BCUT2D eigenvalue weighted by Crippen LogP contribution is -2.24. The topological polar surface area (TPSA) is 64.0 Å². The molecule has 0 saturated heterocycles. The number of nitrogens with zero attached hydrogens (tertiary/aromatic N) is 2. The molecule has 1 N–H and O–H groups in total. The van der Waals surface area contributed by atoms with Crippen LogP contribution in [0.4, 0.5) is 5.69 Å². The van der Waals surface area contributed by atoms with Crippen molar-refractivity contribution in [2.45, 2.75) is 20.3 Å². The summed E-state index contributed by atoms with van der Waals surface area (Å²) in [5.41, 5.74) is -0.0206. The minimum Gasteiger partial charge on any atom is -0.320 e. The maximum atomic E-state index is 11.5. The number of carbonyl (C=O) groups is 1. The molecule has 0 bridgehead atoms. The number of hydrogen-bond acceptors (Lipinski definition) is 3. The van der Waals surface area contributed by atoms with Gasteiger partial charge < -0.3 is 9.88 Å². The van der Waals surface area contributed by atoms with Gasteiger partial charge in [-0.05, 0) is 5.92 Å². The summed E-state index contributed by atoms with van der Waals surface area (Å²) in [6, 6.07) is 0. The number of aromatic nitrogens is 2. The number of aryl methyl sites for hydroxylation is 1. The molecule has 0 atom stereocenters. The van der Waals surface area contributed by atoms with E-state index < -0.39 is 0 Å². The van der Waals surface area contributed by atoms with E-state index in [4.69, 9.17) is 0 Å². The van der Waals surface area contributed by atoms with Crippen LogP contribution < -0.4 is 10.9 Å². The van der Waals surface area contributed by atoms with Gasteiger partial charge >= 0.3 is 0 Å². The van der Waals surface area contributed by atoms with Gasteiger partial charge in [0.2, 0.25) is 5.91 Å². The van der Waals surface area contributed by atoms with Crippen LogP contribution in [0.2, 0.25) is 0 Å². The minimum atomic E-state index is -0.248. The van der Waals surface area contributed by atoms with Crippen LogP contribution in [0.1, 0.15) is 20.3 Å². The fourth-order valence-corrected chi connectivity index (χ4v) is 1.16. The molecule has 1 heterocycles. The number of amides is 1. The summed E-state index contributed by atoms with van der Waals surface area (Å²) in [6.07, 6.45) is 3.17. The quantitative estimate of drug-likeness (QED) is 0.799. The van der Waals surface area contributed by atoms with E-state index in [0.717, 1.165) is 0 Å². The Morgan fingerprint density at radius 3 is 2.87 bits per heavy atom. The van der Waals surface area contributed by atoms with Gasteiger partial charge in [-0.3, -0.25) is 9.59 Å². The van der Waals surface area contributed by atoms with Crippen molar-refractivity contribution in [2.24, 2.45) is 13.0 Å². The Morgan fingerprint density at radius 1 is 1.60 bits per heavy atom. The molecule has 5 heteroatoms. The Hall–Kier alpha value is -1.65. The Bertz CT molecular complexity index is 409. The predicted molar refractivity (Wildman–Crippen MR) is 57.6 cm³/mol. The van der Waals surface area contributed by atoms with Crippen LogP contribution in [0.3, 0.4) is 0 Å². The molecule has 0 radical (unpaired) electrons. The van der Waals surface area contributed by atoms with Crippen molar-refractivity contribution < 1.29 is 4.79 Å². The van der Waals surface area contributed by atoms with Crippen molar-refractivity contribution in [3.05, 3.63) is 22.9 Å². The standard InChI is InChI=1S/C10H15N3O2/c1-7(2)4-9(14)12-8-5-11-6-13(3)10(8)15/h5-7H,4H2,1-3H3,(H,12,14). The molecule has 1 aromatic rings. The van der Waals surface area contributed by atoms with Crippen molar-refractivity contribution in [2.75, 3.05) is 5.32 Å². The third-order valence-electron chi connectivity index (χ3n) is 1.86. The maximum absolute atomic E-state index is 11.5. The molecule has 0 aromatic carbocycles. The lowest BCUT2D eigenvalue weighted by molar-refractivity contribution is -0.116. The van der Waals surface area contributed by atoms with Crippen LogP contribution in [0.25, 0.3) is 0 Å². The van der Waals surface area contributed by atoms with Crippen molar-refractivity contribution in [3.8, 4) is 0 Å². The molecule has 82 valence electrons. The van der Waals surface area contributed by atoms with E-state index in [1.807, 2.05) is 13.8 Å². The first-order valence-corrected chi connectivity index (χ1v) is 4.81. The highest BCUT2D eigenvalue weighted by molar-refractivity contribution is 5.90. The van der Waals surface area contributed by atoms with E-state index in [-0.39, 0.29) is 23.1 Å². The first kappa shape index (κ1) is 11.4. The van der Waals surface area contributed by atoms with Crippen molar-refractivity contribution in [1.82, 2.24) is 9.55 Å². The van der Waals surface area contributed by atoms with Gasteiger partial charge in [0.15, 0.2) is 0 Å². The van der Waals surface area contributed by atoms with Crippen LogP contribution in [0.5, 0.6) is 0 Å². The number of carbonyl (C=O) groups excluding carboxylic acids is 1. The third kappa shape index (κ3) is 3.19. The van der Waals surface area contributed by atoms with Crippen molar-refractivity contribution >= 4 is 11.6 Å². The van der Waals surface area contributed by atoms with Crippen molar-refractivity contribution in [3.63, 3.8) is 0 Å². The summed E-state index contributed by atoms with van der Waals surface area (Å²) in [5, 5.41) is 2.55. The summed E-state index contributed by atoms with van der Waals surface area (Å²) >= 11 is 0. The average molecular weight is 209 g/mol. The highest BCUT2D eigenvalue weighted by atomic mass is 16.2. The molecule has 15 heavy (non-hydrogen) atoms. The highest BCUT2D eigenvalue weighted by Gasteiger charge is 2.08. The van der Waals surface area contributed by atoms with Crippen LogP contribution in [0.15, 0.2) is 17.3 Å². The lowest BCUT2D eigenvalue weighted by Gasteiger charge is -2.06. The van der Waals surface area contributed by atoms with Gasteiger partial charge in [0.05, 0.1) is 12.5 Å². The Balaban J connectivity index is 2.77. The van der Waals surface area contributed by atoms with Gasteiger partial charge in [0.25, 0.3) is 5.56 Å². The predicted octanol–water partition coefficient (Wildman–Crippen LogP) is 0.765. The zero-order chi connectivity index (χ0) is 11.4. The van der Waals surface area contributed by atoms with Gasteiger partial charge in [-0.15, -0.1) is 0 Å². The summed E-state index contributed by atoms with van der Waals surface area (Å²) in [5.74, 6) is 0.112. The van der Waals surface area contributed by atoms with E-state index >= 15 is 0 Å². The summed E-state index contributed by atoms with van der Waals surface area (Å²) in [6.45, 7) is 3.89. The van der Waals surface area contributed by atoms with E-state index in [2.05, 4.69) is 10.3 Å². The number of rotatable bonds is 3. The zero-order valence-corrected chi connectivity index (χ0v) is 9.15. The molecule has 0 spiro atoms. The van der Waals surface area contributed by atoms with E-state index in [0.29, 0.717) is 6.42 Å². The maximum Gasteiger partial charge on any atom is 0.276 e. The largest absolute Gasteiger partial charge is 0.320 e. The summed E-state index contributed by atoms with van der Waals surface area (Å²) in [4.78, 5) is 26.7. The number of hydrogen-bond donors (Lipinski definition) is 1. The van der Waals surface area contributed by atoms with Gasteiger partial charge in [0.1, 0.15) is 5.69 Å². The molecule has 0 aliphatic heterocycles. The Kier molecular flexibility index (Phi) is 3.60. The lowest BCUT2D eigenvalue weighted by atomic mass is 10.1. The van der Waals surface area contributed by atoms with Gasteiger partial charge in [-0.25, -0.2) is 4.98 Å². The third-order valence-corrected chi connectivity index (χ3v) is 1.86. The van der Waals surface area contributed by atoms with Gasteiger partial charge in [-0.2, -0.15) is 0 Å². The first-order chi connectivity index (χ1) is 7.00. The highest BCUT2D eigenvalue weighted by Crippen LogP contribution is 2.02. The summed E-state index contributed by atoms with van der Waals surface area (Å²) < 4.78 is 1.32. The zero-order valence-electron chi connectivity index (χ0n) is 9.15. The molecule has 1 aromatic heterocycles. The average Bonchev–Trinajstić information content (AvgIpc) is 2.11. The minimum absolute atomic E-state index is 0.157. The van der Waals surface area contributed by atoms with Crippen molar-refractivity contribution in [1.29, 1.82) is 0 Å². The molecular formula is C10H15N3O2. The van der Waals surface area contributed by atoms with Crippen LogP contribution in [-0.2, 0) is 11.8 Å². The Labute approximate surface area is 88.1 Å². The molecule has 1 rings (SSSR count). The molecule has 0 unspecified atom stereocenters. The van der Waals surface area contributed by atoms with Gasteiger partial charge in [-0.1, -0.05) is 13.8 Å². The fourth-order valence-electron chi connectivity index (χ4n) is 1.16. The first-order valence-electron chi connectivity index (χ1n) is 4.81. The molecule has 0 fully saturated rings. The van der Waals surface area contributed by atoms with Crippen LogP contribution >= 0.6 is 0 Å². The van der Waals surface area contributed by atoms with E-state index in [9.17, 15) is 9.59 Å². The summed E-state index contributed by atoms with van der Waals surface area (Å²) in [7, 11) is 1.59. The fraction of sp³-hybridized carbons (Fsp3) is 0.500. The number of nitrogens with one attached hydrogen (secondary N) is 1. The monoisotopic (exact) mass is 209 g/mol. The number of anilines is 1. The van der Waals surface area contributed by atoms with E-state index in [1.54, 1.807) is 7.05 Å². The molecule has 5 nitrogen and oxygen atoms in total. The molecule has 1 amide bonds. The normalized spacial score (nSPS) is 10.4. The van der Waals surface area contributed by atoms with E-state index in [1.165, 1.54) is 17.1 Å².